The highest BCUT2D eigenvalue weighted by Crippen LogP contribution is 2.18. The molecule has 5 amide bonds. The van der Waals surface area contributed by atoms with E-state index in [1.165, 1.54) is 30.3 Å². The summed E-state index contributed by atoms with van der Waals surface area (Å²) in [6.07, 6.45) is -0.297. The van der Waals surface area contributed by atoms with Gasteiger partial charge in [0.25, 0.3) is 11.8 Å². The van der Waals surface area contributed by atoms with E-state index in [1.54, 1.807) is 30.3 Å². The maximum absolute atomic E-state index is 13.0. The normalized spacial score (nSPS) is 13.8. The number of hydrogen-bond donors (Lipinski definition) is 4. The zero-order valence-corrected chi connectivity index (χ0v) is 18.8. The lowest BCUT2D eigenvalue weighted by molar-refractivity contribution is -0.140. The summed E-state index contributed by atoms with van der Waals surface area (Å²) < 4.78 is 5.19. The molecule has 13 nitrogen and oxygen atoms in total. The highest BCUT2D eigenvalue weighted by molar-refractivity contribution is 6.14. The first-order valence-electron chi connectivity index (χ1n) is 10.5. The van der Waals surface area contributed by atoms with E-state index in [-0.39, 0.29) is 23.8 Å². The quantitative estimate of drug-likeness (QED) is 0.179. The zero-order chi connectivity index (χ0) is 26.2. The number of guanidine groups is 1. The fraction of sp³-hybridized carbons (Fsp3) is 0.130. The Balaban J connectivity index is 1.78. The summed E-state index contributed by atoms with van der Waals surface area (Å²) in [5.41, 5.74) is 11.5. The van der Waals surface area contributed by atoms with Gasteiger partial charge in [-0.2, -0.15) is 10.0 Å². The summed E-state index contributed by atoms with van der Waals surface area (Å²) in [6.45, 7) is -0.641. The van der Waals surface area contributed by atoms with Crippen molar-refractivity contribution < 1.29 is 33.8 Å². The van der Waals surface area contributed by atoms with Gasteiger partial charge in [-0.25, -0.2) is 14.6 Å². The zero-order valence-electron chi connectivity index (χ0n) is 18.8. The lowest BCUT2D eigenvalue weighted by Gasteiger charge is -2.27. The predicted molar refractivity (Wildman–Crippen MR) is 126 cm³/mol. The van der Waals surface area contributed by atoms with E-state index < -0.39 is 42.9 Å². The van der Waals surface area contributed by atoms with Crippen molar-refractivity contribution in [1.29, 1.82) is 0 Å². The van der Waals surface area contributed by atoms with Gasteiger partial charge in [0.2, 0.25) is 0 Å². The summed E-state index contributed by atoms with van der Waals surface area (Å²) in [5.74, 6) is -3.19. The monoisotopic (exact) mass is 494 g/mol. The first kappa shape index (κ1) is 25.4. The largest absolute Gasteiger partial charge is 0.481 e. The van der Waals surface area contributed by atoms with Crippen LogP contribution in [0.5, 0.6) is 0 Å². The van der Waals surface area contributed by atoms with Crippen LogP contribution in [-0.4, -0.2) is 57.5 Å². The van der Waals surface area contributed by atoms with Crippen molar-refractivity contribution >= 4 is 41.9 Å². The second-order valence-corrected chi connectivity index (χ2v) is 7.38. The van der Waals surface area contributed by atoms with Crippen LogP contribution in [0.25, 0.3) is 6.08 Å². The number of imide groups is 1. The van der Waals surface area contributed by atoms with E-state index >= 15 is 0 Å². The third-order valence-corrected chi connectivity index (χ3v) is 4.75. The maximum Gasteiger partial charge on any atom is 0.429 e. The minimum atomic E-state index is -1.24. The van der Waals surface area contributed by atoms with Gasteiger partial charge in [0.1, 0.15) is 12.3 Å². The number of nitrogens with two attached hydrogens (primary N) is 2. The molecular formula is C23H22N6O7. The summed E-state index contributed by atoms with van der Waals surface area (Å²) in [5, 5.41) is 12.5. The number of carboxylic acids is 1. The van der Waals surface area contributed by atoms with Gasteiger partial charge >= 0.3 is 18.1 Å². The third-order valence-electron chi connectivity index (χ3n) is 4.75. The molecule has 1 saturated heterocycles. The van der Waals surface area contributed by atoms with Crippen LogP contribution in [0.3, 0.4) is 0 Å². The highest BCUT2D eigenvalue weighted by Gasteiger charge is 2.41. The molecule has 1 aliphatic rings. The SMILES string of the molecule is NC(N)=NC(=O)c1ccc(/C=C2\NC(=O)N(N(CCC(=O)O)C(=O)OCc3ccccc3)C2=O)cc1. The number of carbonyl (C=O) groups is 5. The highest BCUT2D eigenvalue weighted by atomic mass is 16.6. The van der Waals surface area contributed by atoms with E-state index in [0.717, 1.165) is 0 Å². The lowest BCUT2D eigenvalue weighted by Crippen LogP contribution is -2.51. The van der Waals surface area contributed by atoms with E-state index in [0.29, 0.717) is 21.1 Å². The molecule has 0 radical (unpaired) electrons. The van der Waals surface area contributed by atoms with Crippen molar-refractivity contribution in [3.63, 3.8) is 0 Å². The first-order valence-corrected chi connectivity index (χ1v) is 10.5. The molecule has 0 aliphatic carbocycles. The van der Waals surface area contributed by atoms with E-state index in [2.05, 4.69) is 10.3 Å². The van der Waals surface area contributed by atoms with Crippen LogP contribution in [0.4, 0.5) is 9.59 Å². The Morgan fingerprint density at radius 3 is 2.33 bits per heavy atom. The van der Waals surface area contributed by atoms with E-state index in [1.807, 2.05) is 0 Å². The fourth-order valence-corrected chi connectivity index (χ4v) is 3.08. The van der Waals surface area contributed by atoms with Crippen molar-refractivity contribution in [2.75, 3.05) is 6.54 Å². The van der Waals surface area contributed by atoms with Crippen LogP contribution in [0.1, 0.15) is 27.9 Å². The number of ether oxygens (including phenoxy) is 1. The summed E-state index contributed by atoms with van der Waals surface area (Å²) >= 11 is 0. The molecule has 0 unspecified atom stereocenters. The van der Waals surface area contributed by atoms with Crippen molar-refractivity contribution in [1.82, 2.24) is 15.3 Å². The number of nitrogens with one attached hydrogen (secondary N) is 1. The minimum absolute atomic E-state index is 0.152. The third kappa shape index (κ3) is 6.44. The molecule has 3 rings (SSSR count). The maximum atomic E-state index is 13.0. The van der Waals surface area contributed by atoms with Gasteiger partial charge in [-0.3, -0.25) is 14.4 Å². The number of amides is 5. The Kier molecular flexibility index (Phi) is 7.97. The number of nitrogens with zero attached hydrogens (tertiary/aromatic N) is 3. The van der Waals surface area contributed by atoms with Crippen LogP contribution in [0.15, 0.2) is 65.3 Å². The summed E-state index contributed by atoms with van der Waals surface area (Å²) in [4.78, 5) is 64.6. The first-order chi connectivity index (χ1) is 17.2. The van der Waals surface area contributed by atoms with Crippen LogP contribution in [0.2, 0.25) is 0 Å². The average molecular weight is 494 g/mol. The molecule has 13 heteroatoms. The van der Waals surface area contributed by atoms with Crippen molar-refractivity contribution in [2.45, 2.75) is 13.0 Å². The molecule has 0 atom stereocenters. The number of carboxylic acid groups (broad SMARTS) is 1. The Morgan fingerprint density at radius 2 is 1.72 bits per heavy atom. The van der Waals surface area contributed by atoms with Crippen molar-refractivity contribution in [3.8, 4) is 0 Å². The molecule has 1 fully saturated rings. The van der Waals surface area contributed by atoms with Gasteiger partial charge in [-0.05, 0) is 29.3 Å². The molecule has 0 bridgehead atoms. The van der Waals surface area contributed by atoms with Gasteiger partial charge in [0.05, 0.1) is 13.0 Å². The van der Waals surface area contributed by atoms with Crippen molar-refractivity contribution in [2.24, 2.45) is 16.5 Å². The predicted octanol–water partition coefficient (Wildman–Crippen LogP) is 1.02. The number of carbonyl (C=O) groups excluding carboxylic acids is 4. The van der Waals surface area contributed by atoms with Gasteiger partial charge < -0.3 is 26.6 Å². The van der Waals surface area contributed by atoms with E-state index in [4.69, 9.17) is 21.3 Å². The second kappa shape index (κ2) is 11.3. The summed E-state index contributed by atoms with van der Waals surface area (Å²) in [7, 11) is 0. The molecule has 1 heterocycles. The molecule has 2 aromatic carbocycles. The molecule has 36 heavy (non-hydrogen) atoms. The van der Waals surface area contributed by atoms with Gasteiger partial charge in [-0.15, -0.1) is 0 Å². The molecule has 1 aliphatic heterocycles. The number of aliphatic imine (C=N–C) groups is 1. The van der Waals surface area contributed by atoms with Crippen LogP contribution in [-0.2, 0) is 20.9 Å². The number of aliphatic carboxylic acids is 1. The molecule has 0 aromatic heterocycles. The van der Waals surface area contributed by atoms with Gasteiger partial charge in [-0.1, -0.05) is 42.5 Å². The van der Waals surface area contributed by atoms with Gasteiger partial charge in [0.15, 0.2) is 5.96 Å². The molecule has 0 spiro atoms. The number of benzene rings is 2. The Bertz CT molecular complexity index is 1240. The number of hydrogen-bond acceptors (Lipinski definition) is 6. The molecular weight excluding hydrogens is 472 g/mol. The van der Waals surface area contributed by atoms with E-state index in [9.17, 15) is 24.0 Å². The lowest BCUT2D eigenvalue weighted by atomic mass is 10.1. The van der Waals surface area contributed by atoms with Crippen molar-refractivity contribution in [3.05, 3.63) is 77.0 Å². The van der Waals surface area contributed by atoms with Crippen LogP contribution in [0, 0.1) is 0 Å². The minimum Gasteiger partial charge on any atom is -0.481 e. The fourth-order valence-electron chi connectivity index (χ4n) is 3.08. The summed E-state index contributed by atoms with van der Waals surface area (Å²) in [6, 6.07) is 13.5. The van der Waals surface area contributed by atoms with Gasteiger partial charge in [0, 0.05) is 5.56 Å². The van der Waals surface area contributed by atoms with Crippen LogP contribution < -0.4 is 16.8 Å². The number of rotatable bonds is 8. The second-order valence-electron chi connectivity index (χ2n) is 7.38. The Labute approximate surface area is 204 Å². The smallest absolute Gasteiger partial charge is 0.429 e. The number of urea groups is 1. The topological polar surface area (TPSA) is 198 Å². The molecule has 6 N–H and O–H groups in total. The number of hydrazine groups is 1. The molecule has 0 saturated carbocycles. The Hall–Kier alpha value is -5.20. The molecule has 2 aromatic rings. The Morgan fingerprint density at radius 1 is 1.06 bits per heavy atom. The average Bonchev–Trinajstić information content (AvgIpc) is 3.11. The molecule has 186 valence electrons. The standard InChI is InChI=1S/C23H22N6O7/c24-21(25)27-19(32)16-8-6-14(7-9-16)12-17-20(33)29(22(34)26-17)28(11-10-18(30)31)23(35)36-13-15-4-2-1-3-5-15/h1-9,12H,10-11,13H2,(H,26,34)(H,30,31)(H4,24,25,27,32)/b17-12-. The van der Waals surface area contributed by atoms with Crippen LogP contribution >= 0.6 is 0 Å².